The molecule has 0 saturated carbocycles. The molecule has 2 rings (SSSR count). The zero-order chi connectivity index (χ0) is 22.1. The molecule has 0 fully saturated rings. The number of hydrogen-bond donors (Lipinski definition) is 2. The van der Waals surface area contributed by atoms with Gasteiger partial charge >= 0.3 is 6.03 Å². The van der Waals surface area contributed by atoms with Crippen LogP contribution in [0.15, 0.2) is 49.0 Å². The smallest absolute Gasteiger partial charge is 0.319 e. The maximum absolute atomic E-state index is 14.3. The van der Waals surface area contributed by atoms with Crippen molar-refractivity contribution in [2.75, 3.05) is 13.7 Å². The van der Waals surface area contributed by atoms with Crippen molar-refractivity contribution in [1.29, 1.82) is 0 Å². The highest BCUT2D eigenvalue weighted by molar-refractivity contribution is 7.17. The zero-order valence-corrected chi connectivity index (χ0v) is 18.3. The van der Waals surface area contributed by atoms with Gasteiger partial charge in [-0.3, -0.25) is 0 Å². The number of hydrogen-bond acceptors (Lipinski definition) is 3. The van der Waals surface area contributed by atoms with Crippen molar-refractivity contribution in [3.05, 3.63) is 65.7 Å². The minimum Gasteiger partial charge on any atom is -0.493 e. The lowest BCUT2D eigenvalue weighted by Gasteiger charge is -2.21. The average Bonchev–Trinajstić information content (AvgIpc) is 2.71. The predicted molar refractivity (Wildman–Crippen MR) is 118 cm³/mol. The molecule has 0 saturated heterocycles. The number of carbonyl (C=O) groups excluding carboxylic acids is 1. The molecule has 0 radical (unpaired) electrons. The second kappa shape index (κ2) is 10.9. The van der Waals surface area contributed by atoms with Gasteiger partial charge in [0.25, 0.3) is 5.66 Å². The van der Waals surface area contributed by atoms with E-state index >= 15 is 0 Å². The van der Waals surface area contributed by atoms with E-state index < -0.39 is 11.7 Å². The van der Waals surface area contributed by atoms with Crippen LogP contribution in [0.25, 0.3) is 5.70 Å². The molecular weight excluding hydrogens is 409 g/mol. The Kier molecular flexibility index (Phi) is 8.60. The molecule has 162 valence electrons. The number of urea groups is 1. The Morgan fingerprint density at radius 1 is 1.20 bits per heavy atom. The van der Waals surface area contributed by atoms with Gasteiger partial charge in [-0.1, -0.05) is 59.5 Å². The Balaban J connectivity index is 2.31. The van der Waals surface area contributed by atoms with Gasteiger partial charge in [-0.25, -0.2) is 4.79 Å². The van der Waals surface area contributed by atoms with Gasteiger partial charge in [0.1, 0.15) is 6.61 Å². The van der Waals surface area contributed by atoms with Crippen molar-refractivity contribution in [3.63, 3.8) is 0 Å². The highest BCUT2D eigenvalue weighted by Crippen LogP contribution is 2.43. The summed E-state index contributed by atoms with van der Waals surface area (Å²) in [6.45, 7) is 6.48. The van der Waals surface area contributed by atoms with Crippen LogP contribution in [0.1, 0.15) is 36.5 Å². The van der Waals surface area contributed by atoms with E-state index in [1.54, 1.807) is 0 Å². The molecule has 0 bridgehead atoms. The minimum absolute atomic E-state index is 0.0355. The fourth-order valence-corrected chi connectivity index (χ4v) is 2.96. The van der Waals surface area contributed by atoms with Crippen molar-refractivity contribution in [1.82, 2.24) is 10.6 Å². The molecule has 0 heterocycles. The van der Waals surface area contributed by atoms with Crippen LogP contribution < -0.4 is 20.1 Å². The van der Waals surface area contributed by atoms with Gasteiger partial charge in [-0.05, 0) is 24.1 Å². The number of unbranched alkanes of at least 4 members (excludes halogenated alkanes) is 1. The van der Waals surface area contributed by atoms with Crippen LogP contribution in [-0.4, -0.2) is 19.7 Å². The minimum atomic E-state index is -3.26. The molecule has 1 unspecified atom stereocenters. The molecule has 0 aromatic heterocycles. The maximum atomic E-state index is 14.3. The van der Waals surface area contributed by atoms with Crippen LogP contribution >= 0.6 is 9.24 Å². The Labute approximate surface area is 178 Å². The van der Waals surface area contributed by atoms with Crippen molar-refractivity contribution >= 4 is 21.0 Å². The lowest BCUT2D eigenvalue weighted by atomic mass is 10.0. The quantitative estimate of drug-likeness (QED) is 0.394. The van der Waals surface area contributed by atoms with Gasteiger partial charge in [0.2, 0.25) is 0 Å². The molecule has 1 atom stereocenters. The summed E-state index contributed by atoms with van der Waals surface area (Å²) >= 11 is 0. The molecule has 0 aliphatic heterocycles. The van der Waals surface area contributed by atoms with Gasteiger partial charge in [0, 0.05) is 23.4 Å². The number of nitrogens with one attached hydrogen (secondary N) is 2. The van der Waals surface area contributed by atoms with E-state index in [1.165, 1.54) is 28.5 Å². The van der Waals surface area contributed by atoms with Crippen LogP contribution in [0.2, 0.25) is 0 Å². The Morgan fingerprint density at radius 3 is 2.50 bits per heavy atom. The molecule has 2 amide bonds. The number of carbonyl (C=O) groups is 1. The molecular formula is C22H27F2N2O3P. The third kappa shape index (κ3) is 6.70. The summed E-state index contributed by atoms with van der Waals surface area (Å²) in [6, 6.07) is 11.5. The summed E-state index contributed by atoms with van der Waals surface area (Å²) in [4.78, 5) is 12.0. The summed E-state index contributed by atoms with van der Waals surface area (Å²) in [5.41, 5.74) is -2.61. The molecule has 2 aromatic rings. The van der Waals surface area contributed by atoms with Crippen LogP contribution in [-0.2, 0) is 12.3 Å². The summed E-state index contributed by atoms with van der Waals surface area (Å²) in [6.07, 6.45) is 1.74. The Bertz CT molecular complexity index is 871. The predicted octanol–water partition coefficient (Wildman–Crippen LogP) is 5.27. The second-order valence-corrected chi connectivity index (χ2v) is 7.38. The van der Waals surface area contributed by atoms with Crippen molar-refractivity contribution in [2.24, 2.45) is 0 Å². The third-order valence-electron chi connectivity index (χ3n) is 4.31. The average molecular weight is 436 g/mol. The van der Waals surface area contributed by atoms with Crippen molar-refractivity contribution in [3.8, 4) is 11.5 Å². The van der Waals surface area contributed by atoms with E-state index in [1.807, 2.05) is 37.3 Å². The van der Waals surface area contributed by atoms with Gasteiger partial charge in [0.15, 0.2) is 11.5 Å². The third-order valence-corrected chi connectivity index (χ3v) is 4.62. The lowest BCUT2D eigenvalue weighted by molar-refractivity contribution is 0.103. The van der Waals surface area contributed by atoms with Crippen molar-refractivity contribution in [2.45, 2.75) is 32.0 Å². The van der Waals surface area contributed by atoms with E-state index in [-0.39, 0.29) is 34.9 Å². The number of benzene rings is 2. The van der Waals surface area contributed by atoms with Gasteiger partial charge in [0.05, 0.1) is 7.11 Å². The first kappa shape index (κ1) is 23.6. The SMILES string of the molecule is C=C(NC(=O)NCCCC)c1cc(OCc2ccccc2)c(OC)cc1C(F)(F)P. The maximum Gasteiger partial charge on any atom is 0.319 e. The number of ether oxygens (including phenoxy) is 2. The molecule has 0 aliphatic rings. The molecule has 0 aliphatic carbocycles. The number of methoxy groups -OCH3 is 1. The summed E-state index contributed by atoms with van der Waals surface area (Å²) in [5, 5.41) is 5.19. The number of amides is 2. The second-order valence-electron chi connectivity index (χ2n) is 6.66. The fourth-order valence-electron chi connectivity index (χ4n) is 2.72. The largest absolute Gasteiger partial charge is 0.493 e. The summed E-state index contributed by atoms with van der Waals surface area (Å²) in [7, 11) is 2.87. The number of alkyl halides is 2. The van der Waals surface area contributed by atoms with E-state index in [4.69, 9.17) is 9.47 Å². The van der Waals surface area contributed by atoms with E-state index in [2.05, 4.69) is 17.2 Å². The topological polar surface area (TPSA) is 59.6 Å². The first-order chi connectivity index (χ1) is 14.3. The molecule has 8 heteroatoms. The molecule has 2 aromatic carbocycles. The van der Waals surface area contributed by atoms with Gasteiger partial charge < -0.3 is 20.1 Å². The highest BCUT2D eigenvalue weighted by atomic mass is 31.0. The summed E-state index contributed by atoms with van der Waals surface area (Å²) in [5.74, 6) is 0.427. The van der Waals surface area contributed by atoms with Gasteiger partial charge in [-0.15, -0.1) is 0 Å². The number of rotatable bonds is 10. The molecule has 2 N–H and O–H groups in total. The van der Waals surface area contributed by atoms with Crippen LogP contribution in [0.4, 0.5) is 13.6 Å². The van der Waals surface area contributed by atoms with E-state index in [9.17, 15) is 13.6 Å². The van der Waals surface area contributed by atoms with Crippen LogP contribution in [0.3, 0.4) is 0 Å². The van der Waals surface area contributed by atoms with E-state index in [0.29, 0.717) is 6.54 Å². The fraction of sp³-hybridized carbons (Fsp3) is 0.318. The molecule has 0 spiro atoms. The van der Waals surface area contributed by atoms with Gasteiger partial charge in [-0.2, -0.15) is 8.78 Å². The lowest BCUT2D eigenvalue weighted by Crippen LogP contribution is -2.35. The van der Waals surface area contributed by atoms with Crippen molar-refractivity contribution < 1.29 is 23.0 Å². The first-order valence-corrected chi connectivity index (χ1v) is 10.1. The Hall–Kier alpha value is -2.66. The standard InChI is InChI=1S/C22H27F2N2O3P/c1-4-5-11-25-21(27)26-15(2)17-12-20(29-14-16-9-7-6-8-10-16)19(28-3)13-18(17)22(23,24)30/h6-10,12-13H,2,4-5,11,14,30H2,1,3H3,(H2,25,26,27). The normalized spacial score (nSPS) is 11.0. The van der Waals surface area contributed by atoms with Crippen LogP contribution in [0.5, 0.6) is 11.5 Å². The monoisotopic (exact) mass is 436 g/mol. The van der Waals surface area contributed by atoms with E-state index in [0.717, 1.165) is 18.4 Å². The first-order valence-electron chi connectivity index (χ1n) is 9.56. The molecule has 5 nitrogen and oxygen atoms in total. The Morgan fingerprint density at radius 2 is 1.90 bits per heavy atom. The summed E-state index contributed by atoms with van der Waals surface area (Å²) < 4.78 is 39.6. The van der Waals surface area contributed by atoms with Crippen LogP contribution in [0, 0.1) is 0 Å². The highest BCUT2D eigenvalue weighted by Gasteiger charge is 2.31. The number of halogens is 2. The zero-order valence-electron chi connectivity index (χ0n) is 17.1. The molecule has 30 heavy (non-hydrogen) atoms.